The van der Waals surface area contributed by atoms with Crippen LogP contribution in [0.4, 0.5) is 0 Å². The van der Waals surface area contributed by atoms with Crippen molar-refractivity contribution in [2.75, 3.05) is 0 Å². The van der Waals surface area contributed by atoms with Crippen molar-refractivity contribution in [1.82, 2.24) is 19.7 Å². The Balaban J connectivity index is 2.03. The summed E-state index contributed by atoms with van der Waals surface area (Å²) in [7, 11) is 0. The van der Waals surface area contributed by atoms with E-state index in [0.717, 1.165) is 17.8 Å². The van der Waals surface area contributed by atoms with E-state index in [4.69, 9.17) is 5.73 Å². The smallest absolute Gasteiger partial charge is 0.115 e. The molecule has 0 aliphatic heterocycles. The molecule has 2 aromatic heterocycles. The molecule has 0 radical (unpaired) electrons. The van der Waals surface area contributed by atoms with Gasteiger partial charge in [-0.1, -0.05) is 6.92 Å². The van der Waals surface area contributed by atoms with Gasteiger partial charge in [0.15, 0.2) is 0 Å². The summed E-state index contributed by atoms with van der Waals surface area (Å²) in [6.45, 7) is 4.31. The lowest BCUT2D eigenvalue weighted by atomic mass is 10.1. The average molecular weight is 245 g/mol. The predicted molar refractivity (Wildman–Crippen MR) is 69.9 cm³/mol. The van der Waals surface area contributed by atoms with Crippen LogP contribution in [0.2, 0.25) is 0 Å². The zero-order valence-corrected chi connectivity index (χ0v) is 10.8. The van der Waals surface area contributed by atoms with Crippen molar-refractivity contribution in [2.24, 2.45) is 5.73 Å². The first-order valence-corrected chi connectivity index (χ1v) is 6.26. The molecule has 0 bridgehead atoms. The van der Waals surface area contributed by atoms with Gasteiger partial charge in [0.1, 0.15) is 6.33 Å². The molecule has 0 aromatic carbocycles. The molecular formula is C13H19N5. The first kappa shape index (κ1) is 12.7. The van der Waals surface area contributed by atoms with Gasteiger partial charge in [0.2, 0.25) is 0 Å². The van der Waals surface area contributed by atoms with Crippen molar-refractivity contribution < 1.29 is 0 Å². The van der Waals surface area contributed by atoms with E-state index in [1.807, 2.05) is 23.0 Å². The largest absolute Gasteiger partial charge is 0.322 e. The maximum Gasteiger partial charge on any atom is 0.115 e. The second-order valence-electron chi connectivity index (χ2n) is 4.49. The quantitative estimate of drug-likeness (QED) is 0.873. The fourth-order valence-corrected chi connectivity index (χ4v) is 1.77. The minimum atomic E-state index is -0.131. The van der Waals surface area contributed by atoms with Crippen molar-refractivity contribution in [3.8, 4) is 0 Å². The summed E-state index contributed by atoms with van der Waals surface area (Å²) in [5.74, 6) is 0. The van der Waals surface area contributed by atoms with Crippen LogP contribution in [-0.2, 0) is 6.42 Å². The molecule has 2 rings (SSSR count). The van der Waals surface area contributed by atoms with Gasteiger partial charge in [0, 0.05) is 24.9 Å². The minimum Gasteiger partial charge on any atom is -0.322 e. The standard InChI is InChI=1S/C13H19N5/c1-3-10(2)18-7-5-11(17-18)8-12(14)13-4-6-15-9-16-13/h4-7,9-10,12H,3,8,14H2,1-2H3. The Morgan fingerprint density at radius 2 is 2.22 bits per heavy atom. The van der Waals surface area contributed by atoms with Gasteiger partial charge in [-0.15, -0.1) is 0 Å². The van der Waals surface area contributed by atoms with Gasteiger partial charge in [0.25, 0.3) is 0 Å². The SMILES string of the molecule is CCC(C)n1ccc(CC(N)c2ccncn2)n1. The molecule has 0 aliphatic rings. The van der Waals surface area contributed by atoms with Crippen LogP contribution in [0, 0.1) is 0 Å². The number of nitrogens with zero attached hydrogens (tertiary/aromatic N) is 4. The average Bonchev–Trinajstić information content (AvgIpc) is 2.87. The van der Waals surface area contributed by atoms with Gasteiger partial charge in [-0.2, -0.15) is 5.10 Å². The van der Waals surface area contributed by atoms with E-state index in [9.17, 15) is 0 Å². The summed E-state index contributed by atoms with van der Waals surface area (Å²) in [6, 6.07) is 4.16. The molecule has 96 valence electrons. The lowest BCUT2D eigenvalue weighted by Gasteiger charge is -2.10. The third kappa shape index (κ3) is 2.92. The molecule has 0 amide bonds. The molecular weight excluding hydrogens is 226 g/mol. The summed E-state index contributed by atoms with van der Waals surface area (Å²) in [5, 5.41) is 4.54. The normalized spacial score (nSPS) is 14.4. The number of hydrogen-bond donors (Lipinski definition) is 1. The van der Waals surface area contributed by atoms with E-state index >= 15 is 0 Å². The number of hydrogen-bond acceptors (Lipinski definition) is 4. The van der Waals surface area contributed by atoms with Gasteiger partial charge in [-0.05, 0) is 25.5 Å². The molecule has 2 atom stereocenters. The van der Waals surface area contributed by atoms with Crippen molar-refractivity contribution >= 4 is 0 Å². The summed E-state index contributed by atoms with van der Waals surface area (Å²) >= 11 is 0. The number of nitrogens with two attached hydrogens (primary N) is 1. The Morgan fingerprint density at radius 1 is 1.39 bits per heavy atom. The van der Waals surface area contributed by atoms with E-state index in [1.54, 1.807) is 6.20 Å². The Labute approximate surface area is 107 Å². The maximum atomic E-state index is 6.11. The first-order valence-electron chi connectivity index (χ1n) is 6.26. The topological polar surface area (TPSA) is 69.6 Å². The first-order chi connectivity index (χ1) is 8.70. The third-order valence-corrected chi connectivity index (χ3v) is 3.12. The van der Waals surface area contributed by atoms with Crippen LogP contribution >= 0.6 is 0 Å². The van der Waals surface area contributed by atoms with Crippen molar-refractivity contribution in [3.63, 3.8) is 0 Å². The molecule has 2 heterocycles. The van der Waals surface area contributed by atoms with Gasteiger partial charge in [-0.3, -0.25) is 4.68 Å². The van der Waals surface area contributed by atoms with Crippen LogP contribution in [0.1, 0.15) is 43.7 Å². The fourth-order valence-electron chi connectivity index (χ4n) is 1.77. The van der Waals surface area contributed by atoms with Gasteiger partial charge in [-0.25, -0.2) is 9.97 Å². The summed E-state index contributed by atoms with van der Waals surface area (Å²) in [4.78, 5) is 8.05. The van der Waals surface area contributed by atoms with Crippen LogP contribution in [0.5, 0.6) is 0 Å². The molecule has 0 saturated heterocycles. The van der Waals surface area contributed by atoms with Gasteiger partial charge < -0.3 is 5.73 Å². The zero-order valence-electron chi connectivity index (χ0n) is 10.8. The Bertz CT molecular complexity index is 479. The Hall–Kier alpha value is -1.75. The Kier molecular flexibility index (Phi) is 4.04. The van der Waals surface area contributed by atoms with Gasteiger partial charge >= 0.3 is 0 Å². The molecule has 18 heavy (non-hydrogen) atoms. The van der Waals surface area contributed by atoms with Crippen molar-refractivity contribution in [3.05, 3.63) is 42.2 Å². The minimum absolute atomic E-state index is 0.131. The highest BCUT2D eigenvalue weighted by atomic mass is 15.3. The fraction of sp³-hybridized carbons (Fsp3) is 0.462. The highest BCUT2D eigenvalue weighted by Gasteiger charge is 2.11. The molecule has 0 fully saturated rings. The second-order valence-corrected chi connectivity index (χ2v) is 4.49. The highest BCUT2D eigenvalue weighted by Crippen LogP contribution is 2.14. The van der Waals surface area contributed by atoms with Crippen LogP contribution in [0.3, 0.4) is 0 Å². The van der Waals surface area contributed by atoms with Crippen LogP contribution in [0.15, 0.2) is 30.9 Å². The van der Waals surface area contributed by atoms with Crippen LogP contribution < -0.4 is 5.73 Å². The highest BCUT2D eigenvalue weighted by molar-refractivity contribution is 5.10. The molecule has 5 heteroatoms. The van der Waals surface area contributed by atoms with E-state index in [-0.39, 0.29) is 6.04 Å². The molecule has 2 aromatic rings. The summed E-state index contributed by atoms with van der Waals surface area (Å²) in [5.41, 5.74) is 7.96. The lowest BCUT2D eigenvalue weighted by molar-refractivity contribution is 0.471. The molecule has 0 aliphatic carbocycles. The van der Waals surface area contributed by atoms with Crippen molar-refractivity contribution in [1.29, 1.82) is 0 Å². The third-order valence-electron chi connectivity index (χ3n) is 3.12. The number of rotatable bonds is 5. The molecule has 0 spiro atoms. The second kappa shape index (κ2) is 5.73. The molecule has 2 unspecified atom stereocenters. The van der Waals surface area contributed by atoms with E-state index in [1.165, 1.54) is 6.33 Å². The van der Waals surface area contributed by atoms with Crippen LogP contribution in [-0.4, -0.2) is 19.7 Å². The molecule has 5 nitrogen and oxygen atoms in total. The van der Waals surface area contributed by atoms with Crippen LogP contribution in [0.25, 0.3) is 0 Å². The number of aromatic nitrogens is 4. The zero-order chi connectivity index (χ0) is 13.0. The van der Waals surface area contributed by atoms with Gasteiger partial charge in [0.05, 0.1) is 17.4 Å². The lowest BCUT2D eigenvalue weighted by Crippen LogP contribution is -2.15. The molecule has 2 N–H and O–H groups in total. The maximum absolute atomic E-state index is 6.11. The summed E-state index contributed by atoms with van der Waals surface area (Å²) < 4.78 is 1.99. The van der Waals surface area contributed by atoms with E-state index in [2.05, 4.69) is 28.9 Å². The predicted octanol–water partition coefficient (Wildman–Crippen LogP) is 1.89. The van der Waals surface area contributed by atoms with E-state index < -0.39 is 0 Å². The van der Waals surface area contributed by atoms with Crippen molar-refractivity contribution in [2.45, 2.75) is 38.8 Å². The summed E-state index contributed by atoms with van der Waals surface area (Å²) in [6.07, 6.45) is 7.00. The Morgan fingerprint density at radius 3 is 2.89 bits per heavy atom. The monoisotopic (exact) mass is 245 g/mol. The van der Waals surface area contributed by atoms with E-state index in [0.29, 0.717) is 12.5 Å². The molecule has 0 saturated carbocycles.